The first-order valence-corrected chi connectivity index (χ1v) is 26.4. The van der Waals surface area contributed by atoms with Gasteiger partial charge >= 0.3 is 23.6 Å². The smallest absolute Gasteiger partial charge is 0.287 e. The molecule has 0 aliphatic carbocycles. The largest absolute Gasteiger partial charge is 0.327 e. The molecule has 0 bridgehead atoms. The van der Waals surface area contributed by atoms with Crippen molar-refractivity contribution >= 4 is 69.5 Å². The number of aromatic nitrogens is 4. The van der Waals surface area contributed by atoms with Gasteiger partial charge in [0.05, 0.1) is 22.7 Å². The fraction of sp³-hybridized carbons (Fsp3) is 0.125. The summed E-state index contributed by atoms with van der Waals surface area (Å²) in [5, 5.41) is 0. The molecule has 0 spiro atoms. The Balaban J connectivity index is 0.853. The standard InChI is InChI=1S/C64H50N8O8/c1-3-65-35-17-13-31-49(65)61(77)69-45-27-9-5-23-41(45)57(73)53(69)55-59(75)43-25-7-11-29-47(43)71(55)63(79)51-33-15-19-37-67(51)39-21-22-40-68-38-20-16-34-52(68)64(80)72-48-30-12-8-26-44(48)60(76)56(72)54-58(74)42-24-6-10-28-46(42)70(54)62(78)50-32-14-18-36-66(50)4-2/h5-20,23-38H,3-4,21-22,39-40H2,1-2H3/q+4/b55-53+,56-54+. The third-order valence-corrected chi connectivity index (χ3v) is 14.9. The second kappa shape index (κ2) is 20.5. The van der Waals surface area contributed by atoms with Gasteiger partial charge in [-0.3, -0.25) is 58.0 Å². The van der Waals surface area contributed by atoms with E-state index in [1.54, 1.807) is 213 Å². The summed E-state index contributed by atoms with van der Waals surface area (Å²) >= 11 is 0. The molecule has 4 amide bonds. The van der Waals surface area contributed by atoms with Crippen molar-refractivity contribution in [1.82, 2.24) is 0 Å². The minimum absolute atomic E-state index is 0.197. The maximum absolute atomic E-state index is 15.3. The summed E-state index contributed by atoms with van der Waals surface area (Å²) in [6, 6.07) is 47.2. The summed E-state index contributed by atoms with van der Waals surface area (Å²) in [6.45, 7) is 5.32. The van der Waals surface area contributed by atoms with E-state index in [2.05, 4.69) is 0 Å². The number of rotatable bonds is 11. The second-order valence-corrected chi connectivity index (χ2v) is 19.4. The molecule has 4 aromatic heterocycles. The lowest BCUT2D eigenvalue weighted by atomic mass is 10.1. The van der Waals surface area contributed by atoms with Gasteiger partial charge in [0, 0.05) is 83.6 Å². The number of anilines is 4. The van der Waals surface area contributed by atoms with Gasteiger partial charge in [0.2, 0.25) is 23.1 Å². The first kappa shape index (κ1) is 50.3. The van der Waals surface area contributed by atoms with Crippen LogP contribution in [0.25, 0.3) is 0 Å². The van der Waals surface area contributed by atoms with Crippen LogP contribution in [0.4, 0.5) is 22.7 Å². The summed E-state index contributed by atoms with van der Waals surface area (Å²) in [5.74, 6) is -4.60. The Labute approximate surface area is 459 Å². The number of aryl methyl sites for hydroxylation is 4. The molecule has 0 radical (unpaired) electrons. The Morgan fingerprint density at radius 2 is 0.537 bits per heavy atom. The van der Waals surface area contributed by atoms with E-state index in [1.165, 1.54) is 19.6 Å². The fourth-order valence-corrected chi connectivity index (χ4v) is 11.2. The zero-order chi connectivity index (χ0) is 55.3. The Kier molecular flexibility index (Phi) is 12.9. The average Bonchev–Trinajstić information content (AvgIpc) is 4.33. The lowest BCUT2D eigenvalue weighted by Crippen LogP contribution is -2.47. The Morgan fingerprint density at radius 3 is 0.800 bits per heavy atom. The van der Waals surface area contributed by atoms with E-state index in [-0.39, 0.29) is 79.2 Å². The number of hydrogen-bond acceptors (Lipinski definition) is 8. The van der Waals surface area contributed by atoms with Crippen molar-refractivity contribution < 1.29 is 56.6 Å². The summed E-state index contributed by atoms with van der Waals surface area (Å²) in [4.78, 5) is 124. The van der Waals surface area contributed by atoms with E-state index in [0.29, 0.717) is 50.4 Å². The van der Waals surface area contributed by atoms with E-state index < -0.39 is 46.8 Å². The normalized spacial score (nSPS) is 16.1. The van der Waals surface area contributed by atoms with Gasteiger partial charge in [0.25, 0.3) is 22.8 Å². The predicted molar refractivity (Wildman–Crippen MR) is 292 cm³/mol. The molecule has 4 aliphatic rings. The summed E-state index contributed by atoms with van der Waals surface area (Å²) < 4.78 is 7.04. The van der Waals surface area contributed by atoms with E-state index in [0.717, 1.165) is 0 Å². The highest BCUT2D eigenvalue weighted by Gasteiger charge is 2.51. The molecule has 12 rings (SSSR count). The minimum Gasteiger partial charge on any atom is -0.287 e. The van der Waals surface area contributed by atoms with Gasteiger partial charge in [-0.05, 0) is 86.6 Å². The van der Waals surface area contributed by atoms with Gasteiger partial charge in [-0.1, -0.05) is 48.5 Å². The zero-order valence-electron chi connectivity index (χ0n) is 43.6. The molecule has 0 N–H and O–H groups in total. The average molecular weight is 1060 g/mol. The monoisotopic (exact) mass is 1060 g/mol. The van der Waals surface area contributed by atoms with Gasteiger partial charge in [0.15, 0.2) is 24.8 Å². The fourth-order valence-electron chi connectivity index (χ4n) is 11.2. The lowest BCUT2D eigenvalue weighted by molar-refractivity contribution is -0.709. The lowest BCUT2D eigenvalue weighted by Gasteiger charge is -2.23. The number of fused-ring (bicyclic) bond motifs is 4. The van der Waals surface area contributed by atoms with E-state index in [4.69, 9.17) is 0 Å². The van der Waals surface area contributed by atoms with Crippen LogP contribution in [0.5, 0.6) is 0 Å². The highest BCUT2D eigenvalue weighted by atomic mass is 16.2. The Morgan fingerprint density at radius 1 is 0.312 bits per heavy atom. The number of para-hydroxylation sites is 4. The first-order chi connectivity index (χ1) is 39.0. The molecule has 0 unspecified atom stereocenters. The number of unbranched alkanes of at least 4 members (excludes halogenated alkanes) is 1. The molecule has 8 aromatic rings. The predicted octanol–water partition coefficient (Wildman–Crippen LogP) is 7.55. The van der Waals surface area contributed by atoms with E-state index in [1.807, 2.05) is 13.8 Å². The van der Waals surface area contributed by atoms with Crippen molar-refractivity contribution in [3.8, 4) is 0 Å². The Hall–Kier alpha value is -10.5. The van der Waals surface area contributed by atoms with Crippen LogP contribution in [0.2, 0.25) is 0 Å². The van der Waals surface area contributed by atoms with E-state index in [9.17, 15) is 28.8 Å². The first-order valence-electron chi connectivity index (χ1n) is 26.4. The topological polar surface area (TPSA) is 165 Å². The van der Waals surface area contributed by atoms with Crippen LogP contribution in [0.15, 0.2) is 217 Å². The number of Topliss-reactive ketones (excluding diaryl/α,β-unsaturated/α-hetero) is 4. The molecule has 8 heterocycles. The van der Waals surface area contributed by atoms with Crippen LogP contribution < -0.4 is 37.9 Å². The quantitative estimate of drug-likeness (QED) is 0.0728. The summed E-state index contributed by atoms with van der Waals surface area (Å²) in [5.41, 5.74) is 1.99. The third-order valence-electron chi connectivity index (χ3n) is 14.9. The number of ketones is 4. The summed E-state index contributed by atoms with van der Waals surface area (Å²) in [6.07, 6.45) is 8.01. The van der Waals surface area contributed by atoms with E-state index >= 15 is 9.59 Å². The van der Waals surface area contributed by atoms with Crippen molar-refractivity contribution in [2.75, 3.05) is 19.6 Å². The van der Waals surface area contributed by atoms with Crippen LogP contribution in [0.1, 0.15) is 110 Å². The zero-order valence-corrected chi connectivity index (χ0v) is 43.6. The molecule has 0 atom stereocenters. The number of amides is 4. The molecule has 4 aromatic carbocycles. The van der Waals surface area contributed by atoms with Gasteiger partial charge in [0.1, 0.15) is 49.0 Å². The number of nitrogens with zero attached hydrogens (tertiary/aromatic N) is 8. The van der Waals surface area contributed by atoms with Crippen molar-refractivity contribution in [3.63, 3.8) is 0 Å². The molecule has 16 nitrogen and oxygen atoms in total. The van der Waals surface area contributed by atoms with Crippen LogP contribution in [-0.4, -0.2) is 46.8 Å². The highest BCUT2D eigenvalue weighted by molar-refractivity contribution is 6.37. The van der Waals surface area contributed by atoms with Gasteiger partial charge in [-0.25, -0.2) is 0 Å². The number of hydrogen-bond donors (Lipinski definition) is 0. The number of carbonyl (C=O) groups is 8. The highest BCUT2D eigenvalue weighted by Crippen LogP contribution is 2.45. The van der Waals surface area contributed by atoms with Gasteiger partial charge < -0.3 is 0 Å². The molecule has 0 saturated heterocycles. The number of benzene rings is 4. The number of carbonyl (C=O) groups excluding carboxylic acids is 8. The number of pyridine rings is 4. The Bertz CT molecular complexity index is 3840. The maximum Gasteiger partial charge on any atom is 0.327 e. The van der Waals surface area contributed by atoms with Crippen LogP contribution in [0, 0.1) is 0 Å². The van der Waals surface area contributed by atoms with Crippen LogP contribution >= 0.6 is 0 Å². The third kappa shape index (κ3) is 8.06. The molecule has 80 heavy (non-hydrogen) atoms. The molecule has 390 valence electrons. The maximum atomic E-state index is 15.3. The van der Waals surface area contributed by atoms with Crippen molar-refractivity contribution in [2.45, 2.75) is 52.9 Å². The van der Waals surface area contributed by atoms with Crippen molar-refractivity contribution in [1.29, 1.82) is 0 Å². The number of allylic oxidation sites excluding steroid dienone is 4. The molecular weight excluding hydrogens is 1010 g/mol. The molecule has 0 fully saturated rings. The molecule has 0 saturated carbocycles. The summed E-state index contributed by atoms with van der Waals surface area (Å²) in [7, 11) is 0. The molecule has 4 aliphatic heterocycles. The SMILES string of the molecule is CC[n+]1ccccc1C(=O)N1/C(=C2\C(=O)c3ccccc3N2C(=O)c2cccc[n+]2CCCC[n+]2ccccc2C(=O)N2/C(=C3\C(=O)c4ccccc4N3C(=O)c3cccc[n+]3CC)C(=O)c3ccccc32)C(=O)c2ccccc21. The van der Waals surface area contributed by atoms with Crippen LogP contribution in [0.3, 0.4) is 0 Å². The molecule has 16 heteroatoms. The molecular formula is C64H50N8O8+4. The minimum atomic E-state index is -0.598. The van der Waals surface area contributed by atoms with Gasteiger partial charge in [-0.2, -0.15) is 18.3 Å². The van der Waals surface area contributed by atoms with Gasteiger partial charge in [-0.15, -0.1) is 0 Å². The van der Waals surface area contributed by atoms with Crippen molar-refractivity contribution in [2.24, 2.45) is 0 Å². The van der Waals surface area contributed by atoms with Crippen molar-refractivity contribution in [3.05, 3.63) is 262 Å². The second-order valence-electron chi connectivity index (χ2n) is 19.4. The van der Waals surface area contributed by atoms with Crippen LogP contribution in [-0.2, 0) is 26.2 Å².